The summed E-state index contributed by atoms with van der Waals surface area (Å²) in [6.45, 7) is -0.0264. The Bertz CT molecular complexity index is 376. The fraction of sp³-hybridized carbons (Fsp3) is 0.222. The number of hydrogen-bond donors (Lipinski definition) is 0. The molecular formula is C9H6BrCl2NO. The first-order chi connectivity index (χ1) is 6.69. The maximum absolute atomic E-state index is 8.38. The minimum Gasteiger partial charge on any atom is -0.477 e. The summed E-state index contributed by atoms with van der Waals surface area (Å²) in [5.41, 5.74) is 0.831. The van der Waals surface area contributed by atoms with Crippen molar-refractivity contribution in [2.24, 2.45) is 0 Å². The predicted molar refractivity (Wildman–Crippen MR) is 60.2 cm³/mol. The van der Waals surface area contributed by atoms with Crippen LogP contribution >= 0.6 is 39.1 Å². The lowest BCUT2D eigenvalue weighted by molar-refractivity contribution is 0.365. The third-order valence-corrected chi connectivity index (χ3v) is 2.61. The Balaban J connectivity index is 3.06. The van der Waals surface area contributed by atoms with Crippen LogP contribution in [0.15, 0.2) is 12.1 Å². The van der Waals surface area contributed by atoms with E-state index in [2.05, 4.69) is 15.9 Å². The molecule has 0 bridgehead atoms. The van der Waals surface area contributed by atoms with Crippen molar-refractivity contribution in [3.05, 3.63) is 27.7 Å². The highest BCUT2D eigenvalue weighted by atomic mass is 79.9. The van der Waals surface area contributed by atoms with Gasteiger partial charge in [0.15, 0.2) is 6.61 Å². The second-order valence-corrected chi connectivity index (χ2v) is 3.86. The van der Waals surface area contributed by atoms with Gasteiger partial charge in [-0.3, -0.25) is 0 Å². The van der Waals surface area contributed by atoms with Gasteiger partial charge in [-0.1, -0.05) is 39.1 Å². The molecule has 0 saturated carbocycles. The SMILES string of the molecule is N#CCOc1c(Cl)cc(Cl)cc1CBr. The minimum absolute atomic E-state index is 0.0264. The zero-order valence-electron chi connectivity index (χ0n) is 7.06. The van der Waals surface area contributed by atoms with E-state index in [4.69, 9.17) is 33.2 Å². The first-order valence-corrected chi connectivity index (χ1v) is 5.60. The van der Waals surface area contributed by atoms with Gasteiger partial charge in [-0.05, 0) is 12.1 Å². The van der Waals surface area contributed by atoms with Crippen LogP contribution in [0.3, 0.4) is 0 Å². The molecule has 0 heterocycles. The van der Waals surface area contributed by atoms with Crippen LogP contribution < -0.4 is 4.74 Å². The number of ether oxygens (including phenoxy) is 1. The van der Waals surface area contributed by atoms with E-state index in [1.807, 2.05) is 6.07 Å². The molecule has 0 aliphatic heterocycles. The minimum atomic E-state index is -0.0264. The number of benzene rings is 1. The van der Waals surface area contributed by atoms with Gasteiger partial charge in [-0.2, -0.15) is 5.26 Å². The maximum atomic E-state index is 8.38. The lowest BCUT2D eigenvalue weighted by Crippen LogP contribution is -1.97. The number of rotatable bonds is 3. The lowest BCUT2D eigenvalue weighted by Gasteiger charge is -2.09. The Morgan fingerprint density at radius 1 is 1.43 bits per heavy atom. The number of alkyl halides is 1. The Morgan fingerprint density at radius 3 is 2.71 bits per heavy atom. The van der Waals surface area contributed by atoms with E-state index in [0.29, 0.717) is 21.1 Å². The Labute approximate surface area is 101 Å². The third kappa shape index (κ3) is 2.78. The van der Waals surface area contributed by atoms with Crippen LogP contribution in [0.2, 0.25) is 10.0 Å². The third-order valence-electron chi connectivity index (χ3n) is 1.51. The lowest BCUT2D eigenvalue weighted by atomic mass is 10.2. The zero-order valence-corrected chi connectivity index (χ0v) is 10.2. The molecule has 0 radical (unpaired) electrons. The predicted octanol–water partition coefficient (Wildman–Crippen LogP) is 3.79. The first-order valence-electron chi connectivity index (χ1n) is 3.72. The van der Waals surface area contributed by atoms with Crippen molar-refractivity contribution in [3.63, 3.8) is 0 Å². The van der Waals surface area contributed by atoms with Crippen LogP contribution in [0.4, 0.5) is 0 Å². The van der Waals surface area contributed by atoms with Crippen molar-refractivity contribution >= 4 is 39.1 Å². The van der Waals surface area contributed by atoms with Crippen molar-refractivity contribution < 1.29 is 4.74 Å². The number of hydrogen-bond acceptors (Lipinski definition) is 2. The summed E-state index contributed by atoms with van der Waals surface area (Å²) < 4.78 is 5.18. The molecule has 0 atom stereocenters. The Kier molecular flexibility index (Phi) is 4.53. The quantitative estimate of drug-likeness (QED) is 0.795. The molecule has 0 aromatic heterocycles. The Morgan fingerprint density at radius 2 is 2.14 bits per heavy atom. The number of nitriles is 1. The summed E-state index contributed by atoms with van der Waals surface area (Å²) in [6, 6.07) is 5.21. The zero-order chi connectivity index (χ0) is 10.6. The van der Waals surface area contributed by atoms with Crippen LogP contribution in [0.25, 0.3) is 0 Å². The van der Waals surface area contributed by atoms with E-state index in [-0.39, 0.29) is 6.61 Å². The van der Waals surface area contributed by atoms with Crippen molar-refractivity contribution in [3.8, 4) is 11.8 Å². The molecule has 1 aromatic carbocycles. The van der Waals surface area contributed by atoms with Gasteiger partial charge in [0.05, 0.1) is 5.02 Å². The molecule has 5 heteroatoms. The average molecular weight is 295 g/mol. The molecule has 0 aliphatic carbocycles. The second-order valence-electron chi connectivity index (χ2n) is 2.46. The van der Waals surface area contributed by atoms with Gasteiger partial charge in [-0.25, -0.2) is 0 Å². The Hall–Kier alpha value is -0.430. The van der Waals surface area contributed by atoms with Crippen molar-refractivity contribution in [1.29, 1.82) is 5.26 Å². The smallest absolute Gasteiger partial charge is 0.174 e. The molecule has 2 nitrogen and oxygen atoms in total. The van der Waals surface area contributed by atoms with Gasteiger partial charge in [0.2, 0.25) is 0 Å². The van der Waals surface area contributed by atoms with E-state index in [1.54, 1.807) is 12.1 Å². The fourth-order valence-corrected chi connectivity index (χ4v) is 1.99. The molecule has 0 aliphatic rings. The molecule has 0 fully saturated rings. The van der Waals surface area contributed by atoms with Crippen LogP contribution in [-0.4, -0.2) is 6.61 Å². The van der Waals surface area contributed by atoms with Gasteiger partial charge in [0.25, 0.3) is 0 Å². The first kappa shape index (κ1) is 11.6. The fourth-order valence-electron chi connectivity index (χ4n) is 0.979. The van der Waals surface area contributed by atoms with Crippen LogP contribution in [0, 0.1) is 11.3 Å². The number of nitrogens with zero attached hydrogens (tertiary/aromatic N) is 1. The molecule has 1 rings (SSSR count). The standard InChI is InChI=1S/C9H6BrCl2NO/c10-5-6-3-7(11)4-8(12)9(6)14-2-1-13/h3-4H,2,5H2. The van der Waals surface area contributed by atoms with Crippen molar-refractivity contribution in [1.82, 2.24) is 0 Å². The molecular weight excluding hydrogens is 289 g/mol. The van der Waals surface area contributed by atoms with E-state index in [9.17, 15) is 0 Å². The van der Waals surface area contributed by atoms with Crippen LogP contribution in [0.1, 0.15) is 5.56 Å². The topological polar surface area (TPSA) is 33.0 Å². The van der Waals surface area contributed by atoms with Gasteiger partial charge >= 0.3 is 0 Å². The van der Waals surface area contributed by atoms with Gasteiger partial charge in [0, 0.05) is 15.9 Å². The van der Waals surface area contributed by atoms with E-state index < -0.39 is 0 Å². The highest BCUT2D eigenvalue weighted by Crippen LogP contribution is 2.33. The molecule has 0 unspecified atom stereocenters. The summed E-state index contributed by atoms with van der Waals surface area (Å²) in [6.07, 6.45) is 0. The molecule has 0 N–H and O–H groups in total. The van der Waals surface area contributed by atoms with Crippen molar-refractivity contribution in [2.45, 2.75) is 5.33 Å². The molecule has 0 spiro atoms. The summed E-state index contributed by atoms with van der Waals surface area (Å²) >= 11 is 15.0. The highest BCUT2D eigenvalue weighted by Gasteiger charge is 2.09. The summed E-state index contributed by atoms with van der Waals surface area (Å²) in [5.74, 6) is 0.509. The monoisotopic (exact) mass is 293 g/mol. The molecule has 1 aromatic rings. The van der Waals surface area contributed by atoms with Crippen molar-refractivity contribution in [2.75, 3.05) is 6.61 Å². The van der Waals surface area contributed by atoms with Gasteiger partial charge < -0.3 is 4.74 Å². The summed E-state index contributed by atoms with van der Waals surface area (Å²) in [4.78, 5) is 0. The average Bonchev–Trinajstić information content (AvgIpc) is 2.15. The second kappa shape index (κ2) is 5.45. The molecule has 0 saturated heterocycles. The largest absolute Gasteiger partial charge is 0.477 e. The van der Waals surface area contributed by atoms with Crippen LogP contribution in [0.5, 0.6) is 5.75 Å². The molecule has 0 amide bonds. The summed E-state index contributed by atoms with van der Waals surface area (Å²) in [5, 5.41) is 9.93. The van der Waals surface area contributed by atoms with E-state index in [1.165, 1.54) is 0 Å². The summed E-state index contributed by atoms with van der Waals surface area (Å²) in [7, 11) is 0. The highest BCUT2D eigenvalue weighted by molar-refractivity contribution is 9.08. The van der Waals surface area contributed by atoms with Gasteiger partial charge in [-0.15, -0.1) is 0 Å². The molecule has 74 valence electrons. The van der Waals surface area contributed by atoms with Crippen LogP contribution in [-0.2, 0) is 5.33 Å². The molecule has 14 heavy (non-hydrogen) atoms. The number of halogens is 3. The maximum Gasteiger partial charge on any atom is 0.174 e. The normalized spacial score (nSPS) is 9.57. The van der Waals surface area contributed by atoms with E-state index in [0.717, 1.165) is 5.56 Å². The van der Waals surface area contributed by atoms with E-state index >= 15 is 0 Å². The van der Waals surface area contributed by atoms with Gasteiger partial charge in [0.1, 0.15) is 11.8 Å².